The zero-order valence-electron chi connectivity index (χ0n) is 11.6. The molecule has 0 aromatic heterocycles. The van der Waals surface area contributed by atoms with Gasteiger partial charge in [0.25, 0.3) is 11.8 Å². The minimum Gasteiger partial charge on any atom is -0.484 e. The van der Waals surface area contributed by atoms with Crippen molar-refractivity contribution in [1.82, 2.24) is 10.9 Å². The van der Waals surface area contributed by atoms with E-state index in [1.807, 2.05) is 0 Å². The van der Waals surface area contributed by atoms with Crippen molar-refractivity contribution in [3.05, 3.63) is 63.9 Å². The van der Waals surface area contributed by atoms with E-state index in [4.69, 9.17) is 27.9 Å². The van der Waals surface area contributed by atoms with Crippen LogP contribution in [0.25, 0.3) is 0 Å². The topological polar surface area (TPSA) is 67.4 Å². The number of hydrazine groups is 1. The first-order valence-corrected chi connectivity index (χ1v) is 7.14. The second-order valence-electron chi connectivity index (χ2n) is 4.37. The molecule has 0 radical (unpaired) electrons. The van der Waals surface area contributed by atoms with Crippen molar-refractivity contribution in [2.45, 2.75) is 0 Å². The first-order chi connectivity index (χ1) is 11.0. The minimum absolute atomic E-state index is 0.227. The monoisotopic (exact) mass is 356 g/mol. The SMILES string of the molecule is O=C(COc1ccc(F)cc1)NNC(=O)c1ccc(Cl)c(Cl)c1. The third-order valence-electron chi connectivity index (χ3n) is 2.68. The molecule has 2 N–H and O–H groups in total. The number of carbonyl (C=O) groups is 2. The predicted molar refractivity (Wildman–Crippen MR) is 84.0 cm³/mol. The summed E-state index contributed by atoms with van der Waals surface area (Å²) >= 11 is 11.6. The van der Waals surface area contributed by atoms with Gasteiger partial charge in [-0.15, -0.1) is 0 Å². The van der Waals surface area contributed by atoms with E-state index in [1.165, 1.54) is 42.5 Å². The molecule has 0 spiro atoms. The fourth-order valence-corrected chi connectivity index (χ4v) is 1.85. The molecule has 0 aliphatic heterocycles. The number of carbonyl (C=O) groups excluding carboxylic acids is 2. The van der Waals surface area contributed by atoms with Crippen molar-refractivity contribution < 1.29 is 18.7 Å². The maximum atomic E-state index is 12.7. The zero-order valence-corrected chi connectivity index (χ0v) is 13.1. The maximum absolute atomic E-state index is 12.7. The largest absolute Gasteiger partial charge is 0.484 e. The first-order valence-electron chi connectivity index (χ1n) is 6.38. The van der Waals surface area contributed by atoms with Crippen LogP contribution in [0.3, 0.4) is 0 Å². The number of rotatable bonds is 4. The van der Waals surface area contributed by atoms with Gasteiger partial charge in [-0.1, -0.05) is 23.2 Å². The summed E-state index contributed by atoms with van der Waals surface area (Å²) in [7, 11) is 0. The highest BCUT2D eigenvalue weighted by atomic mass is 35.5. The number of amides is 2. The predicted octanol–water partition coefficient (Wildman–Crippen LogP) is 2.97. The van der Waals surface area contributed by atoms with E-state index in [2.05, 4.69) is 10.9 Å². The standard InChI is InChI=1S/C15H11Cl2FN2O3/c16-12-6-1-9(7-13(12)17)15(22)20-19-14(21)8-23-11-4-2-10(18)3-5-11/h1-7H,8H2,(H,19,21)(H,20,22). The third kappa shape index (κ3) is 5.12. The van der Waals surface area contributed by atoms with Crippen molar-refractivity contribution in [3.8, 4) is 5.75 Å². The van der Waals surface area contributed by atoms with Crippen LogP contribution < -0.4 is 15.6 Å². The van der Waals surface area contributed by atoms with Gasteiger partial charge in [0.15, 0.2) is 6.61 Å². The van der Waals surface area contributed by atoms with Crippen LogP contribution >= 0.6 is 23.2 Å². The number of hydrogen-bond acceptors (Lipinski definition) is 3. The van der Waals surface area contributed by atoms with E-state index in [0.717, 1.165) is 0 Å². The van der Waals surface area contributed by atoms with Gasteiger partial charge in [-0.3, -0.25) is 20.4 Å². The van der Waals surface area contributed by atoms with Crippen LogP contribution in [-0.2, 0) is 4.79 Å². The van der Waals surface area contributed by atoms with Crippen molar-refractivity contribution in [3.63, 3.8) is 0 Å². The molecular formula is C15H11Cl2FN2O3. The molecule has 0 heterocycles. The second kappa shape index (κ2) is 7.80. The lowest BCUT2D eigenvalue weighted by molar-refractivity contribution is -0.123. The van der Waals surface area contributed by atoms with Gasteiger partial charge in [-0.25, -0.2) is 4.39 Å². The Morgan fingerprint density at radius 2 is 1.70 bits per heavy atom. The van der Waals surface area contributed by atoms with E-state index >= 15 is 0 Å². The fourth-order valence-electron chi connectivity index (χ4n) is 1.55. The van der Waals surface area contributed by atoms with Crippen LogP contribution in [0.4, 0.5) is 4.39 Å². The second-order valence-corrected chi connectivity index (χ2v) is 5.19. The van der Waals surface area contributed by atoms with Crippen LogP contribution in [0.1, 0.15) is 10.4 Å². The molecular weight excluding hydrogens is 346 g/mol. The minimum atomic E-state index is -0.581. The molecule has 2 rings (SSSR count). The molecule has 0 fully saturated rings. The van der Waals surface area contributed by atoms with Crippen molar-refractivity contribution in [2.24, 2.45) is 0 Å². The van der Waals surface area contributed by atoms with Gasteiger partial charge in [-0.2, -0.15) is 0 Å². The molecule has 0 saturated heterocycles. The number of hydrogen-bond donors (Lipinski definition) is 2. The molecule has 0 bridgehead atoms. The lowest BCUT2D eigenvalue weighted by atomic mass is 10.2. The Balaban J connectivity index is 1.80. The number of nitrogens with one attached hydrogen (secondary N) is 2. The summed E-state index contributed by atoms with van der Waals surface area (Å²) in [6.07, 6.45) is 0. The summed E-state index contributed by atoms with van der Waals surface area (Å²) in [5.74, 6) is -1.21. The van der Waals surface area contributed by atoms with Gasteiger partial charge in [0.1, 0.15) is 11.6 Å². The van der Waals surface area contributed by atoms with Gasteiger partial charge >= 0.3 is 0 Å². The molecule has 8 heteroatoms. The van der Waals surface area contributed by atoms with Crippen LogP contribution in [0, 0.1) is 5.82 Å². The molecule has 23 heavy (non-hydrogen) atoms. The molecule has 0 aliphatic rings. The Labute approximate surface area is 141 Å². The Hall–Kier alpha value is -2.31. The van der Waals surface area contributed by atoms with Crippen molar-refractivity contribution in [2.75, 3.05) is 6.61 Å². The highest BCUT2D eigenvalue weighted by molar-refractivity contribution is 6.42. The lowest BCUT2D eigenvalue weighted by Crippen LogP contribution is -2.43. The Kier molecular flexibility index (Phi) is 5.78. The summed E-state index contributed by atoms with van der Waals surface area (Å²) in [6, 6.07) is 9.50. The van der Waals surface area contributed by atoms with E-state index in [0.29, 0.717) is 10.8 Å². The molecule has 2 aromatic rings. The molecule has 0 atom stereocenters. The van der Waals surface area contributed by atoms with E-state index in [-0.39, 0.29) is 17.2 Å². The molecule has 0 saturated carbocycles. The summed E-state index contributed by atoms with van der Waals surface area (Å²) in [5.41, 5.74) is 4.63. The maximum Gasteiger partial charge on any atom is 0.276 e. The van der Waals surface area contributed by atoms with Crippen LogP contribution in [0.2, 0.25) is 10.0 Å². The van der Waals surface area contributed by atoms with E-state index in [9.17, 15) is 14.0 Å². The van der Waals surface area contributed by atoms with Gasteiger partial charge in [-0.05, 0) is 42.5 Å². The smallest absolute Gasteiger partial charge is 0.276 e. The summed E-state index contributed by atoms with van der Waals surface area (Å²) in [5, 5.41) is 0.547. The molecule has 0 aliphatic carbocycles. The molecule has 0 unspecified atom stereocenters. The summed E-state index contributed by atoms with van der Waals surface area (Å²) in [4.78, 5) is 23.4. The zero-order chi connectivity index (χ0) is 16.8. The van der Waals surface area contributed by atoms with Gasteiger partial charge in [0.2, 0.25) is 0 Å². The molecule has 5 nitrogen and oxygen atoms in total. The van der Waals surface area contributed by atoms with Gasteiger partial charge in [0.05, 0.1) is 10.0 Å². The number of ether oxygens (including phenoxy) is 1. The van der Waals surface area contributed by atoms with Crippen LogP contribution in [-0.4, -0.2) is 18.4 Å². The molecule has 2 amide bonds. The van der Waals surface area contributed by atoms with Crippen LogP contribution in [0.5, 0.6) is 5.75 Å². The Bertz CT molecular complexity index is 723. The first kappa shape index (κ1) is 17.1. The summed E-state index contributed by atoms with van der Waals surface area (Å²) in [6.45, 7) is -0.340. The van der Waals surface area contributed by atoms with Gasteiger partial charge in [0, 0.05) is 5.56 Å². The quantitative estimate of drug-likeness (QED) is 0.827. The van der Waals surface area contributed by atoms with Crippen molar-refractivity contribution in [1.29, 1.82) is 0 Å². The fraction of sp³-hybridized carbons (Fsp3) is 0.0667. The summed E-state index contributed by atoms with van der Waals surface area (Å²) < 4.78 is 17.8. The normalized spacial score (nSPS) is 10.0. The number of benzene rings is 2. The highest BCUT2D eigenvalue weighted by Gasteiger charge is 2.09. The van der Waals surface area contributed by atoms with Gasteiger partial charge < -0.3 is 4.74 Å². The molecule has 120 valence electrons. The highest BCUT2D eigenvalue weighted by Crippen LogP contribution is 2.22. The van der Waals surface area contributed by atoms with E-state index in [1.54, 1.807) is 0 Å². The molecule has 2 aromatic carbocycles. The Morgan fingerprint density at radius 1 is 1.00 bits per heavy atom. The van der Waals surface area contributed by atoms with E-state index < -0.39 is 17.6 Å². The average Bonchev–Trinajstić information content (AvgIpc) is 2.54. The lowest BCUT2D eigenvalue weighted by Gasteiger charge is -2.09. The third-order valence-corrected chi connectivity index (χ3v) is 3.42. The average molecular weight is 357 g/mol. The number of halogens is 3. The van der Waals surface area contributed by atoms with Crippen LogP contribution in [0.15, 0.2) is 42.5 Å². The Morgan fingerprint density at radius 3 is 2.35 bits per heavy atom. The van der Waals surface area contributed by atoms with Crippen molar-refractivity contribution >= 4 is 35.0 Å².